The molecule has 0 unspecified atom stereocenters. The molecule has 2 nitrogen and oxygen atoms in total. The molecule has 22 heavy (non-hydrogen) atoms. The second kappa shape index (κ2) is 5.22. The van der Waals surface area contributed by atoms with Crippen LogP contribution < -0.4 is 5.46 Å². The van der Waals surface area contributed by atoms with Crippen LogP contribution in [0.4, 0.5) is 4.39 Å². The maximum atomic E-state index is 14.5. The summed E-state index contributed by atoms with van der Waals surface area (Å²) in [6.45, 7) is 7.87. The zero-order chi connectivity index (χ0) is 16.0. The Kier molecular flexibility index (Phi) is 3.62. The SMILES string of the molecule is CC1(C)OB(c2c(F)cccc2-c2ccccc2)OC1(C)C. The average Bonchev–Trinajstić information content (AvgIpc) is 2.67. The Labute approximate surface area is 131 Å². The first kappa shape index (κ1) is 15.3. The molecule has 4 heteroatoms. The molecule has 1 fully saturated rings. The van der Waals surface area contributed by atoms with E-state index in [1.165, 1.54) is 6.07 Å². The first-order valence-electron chi connectivity index (χ1n) is 7.51. The number of benzene rings is 2. The third-order valence-electron chi connectivity index (χ3n) is 4.63. The zero-order valence-electron chi connectivity index (χ0n) is 13.4. The molecule has 0 aliphatic carbocycles. The topological polar surface area (TPSA) is 18.5 Å². The molecule has 1 aliphatic heterocycles. The molecule has 0 radical (unpaired) electrons. The van der Waals surface area contributed by atoms with Gasteiger partial charge in [-0.3, -0.25) is 0 Å². The van der Waals surface area contributed by atoms with Crippen LogP contribution in [-0.4, -0.2) is 18.3 Å². The average molecular weight is 298 g/mol. The quantitative estimate of drug-likeness (QED) is 0.785. The van der Waals surface area contributed by atoms with Crippen molar-refractivity contribution in [3.63, 3.8) is 0 Å². The molecule has 0 aromatic heterocycles. The predicted octanol–water partition coefficient (Wildman–Crippen LogP) is 3.79. The van der Waals surface area contributed by atoms with Crippen molar-refractivity contribution in [2.24, 2.45) is 0 Å². The van der Waals surface area contributed by atoms with E-state index >= 15 is 0 Å². The Balaban J connectivity index is 2.09. The lowest BCUT2D eigenvalue weighted by Gasteiger charge is -2.32. The Hall–Kier alpha value is -1.65. The van der Waals surface area contributed by atoms with Gasteiger partial charge in [0.25, 0.3) is 0 Å². The Morgan fingerprint density at radius 1 is 0.818 bits per heavy atom. The summed E-state index contributed by atoms with van der Waals surface area (Å²) in [5.74, 6) is -0.306. The molecular formula is C18H20BFO2. The van der Waals surface area contributed by atoms with Gasteiger partial charge in [0.05, 0.1) is 11.2 Å². The fourth-order valence-electron chi connectivity index (χ4n) is 2.61. The summed E-state index contributed by atoms with van der Waals surface area (Å²) in [6, 6.07) is 14.8. The first-order chi connectivity index (χ1) is 10.3. The van der Waals surface area contributed by atoms with Gasteiger partial charge in [-0.05, 0) is 44.9 Å². The molecular weight excluding hydrogens is 278 g/mol. The second-order valence-corrected chi connectivity index (χ2v) is 6.66. The molecule has 0 N–H and O–H groups in total. The molecule has 0 saturated carbocycles. The lowest BCUT2D eigenvalue weighted by Crippen LogP contribution is -2.41. The largest absolute Gasteiger partial charge is 0.498 e. The van der Waals surface area contributed by atoms with E-state index < -0.39 is 18.3 Å². The van der Waals surface area contributed by atoms with Gasteiger partial charge >= 0.3 is 7.12 Å². The molecule has 0 bridgehead atoms. The molecule has 2 aromatic carbocycles. The minimum atomic E-state index is -0.707. The van der Waals surface area contributed by atoms with Gasteiger partial charge in [-0.15, -0.1) is 0 Å². The fraction of sp³-hybridized carbons (Fsp3) is 0.333. The highest BCUT2D eigenvalue weighted by atomic mass is 19.1. The molecule has 1 heterocycles. The van der Waals surface area contributed by atoms with Gasteiger partial charge in [-0.1, -0.05) is 42.5 Å². The van der Waals surface area contributed by atoms with Crippen LogP contribution in [0, 0.1) is 5.82 Å². The highest BCUT2D eigenvalue weighted by molar-refractivity contribution is 6.64. The molecule has 1 saturated heterocycles. The summed E-state index contributed by atoms with van der Waals surface area (Å²) in [4.78, 5) is 0. The van der Waals surface area contributed by atoms with Crippen LogP contribution in [0.25, 0.3) is 11.1 Å². The third-order valence-corrected chi connectivity index (χ3v) is 4.63. The molecule has 1 aliphatic rings. The summed E-state index contributed by atoms with van der Waals surface area (Å²) < 4.78 is 26.6. The van der Waals surface area contributed by atoms with E-state index in [2.05, 4.69) is 0 Å². The van der Waals surface area contributed by atoms with E-state index in [9.17, 15) is 4.39 Å². The molecule has 0 amide bonds. The van der Waals surface area contributed by atoms with E-state index in [4.69, 9.17) is 9.31 Å². The van der Waals surface area contributed by atoms with Crippen molar-refractivity contribution in [1.82, 2.24) is 0 Å². The third kappa shape index (κ3) is 2.47. The molecule has 114 valence electrons. The van der Waals surface area contributed by atoms with E-state index in [1.54, 1.807) is 6.07 Å². The summed E-state index contributed by atoms with van der Waals surface area (Å²) in [5, 5.41) is 0. The second-order valence-electron chi connectivity index (χ2n) is 6.66. The lowest BCUT2D eigenvalue weighted by molar-refractivity contribution is 0.00578. The van der Waals surface area contributed by atoms with Crippen molar-refractivity contribution < 1.29 is 13.7 Å². The van der Waals surface area contributed by atoms with Gasteiger partial charge in [0.1, 0.15) is 5.82 Å². The van der Waals surface area contributed by atoms with E-state index in [0.29, 0.717) is 5.46 Å². The summed E-state index contributed by atoms with van der Waals surface area (Å²) in [6.07, 6.45) is 0. The molecule has 0 spiro atoms. The predicted molar refractivity (Wildman–Crippen MR) is 87.6 cm³/mol. The molecule has 2 aromatic rings. The van der Waals surface area contributed by atoms with Gasteiger partial charge in [-0.2, -0.15) is 0 Å². The maximum absolute atomic E-state index is 14.5. The first-order valence-corrected chi connectivity index (χ1v) is 7.51. The van der Waals surface area contributed by atoms with Crippen molar-refractivity contribution in [2.75, 3.05) is 0 Å². The van der Waals surface area contributed by atoms with Crippen molar-refractivity contribution in [1.29, 1.82) is 0 Å². The minimum absolute atomic E-state index is 0.306. The normalized spacial score (nSPS) is 19.4. The van der Waals surface area contributed by atoms with Crippen LogP contribution in [0.1, 0.15) is 27.7 Å². The van der Waals surface area contributed by atoms with Crippen LogP contribution in [0.5, 0.6) is 0 Å². The highest BCUT2D eigenvalue weighted by Crippen LogP contribution is 2.37. The maximum Gasteiger partial charge on any atom is 0.498 e. The van der Waals surface area contributed by atoms with Crippen molar-refractivity contribution >= 4 is 12.6 Å². The van der Waals surface area contributed by atoms with Crippen LogP contribution >= 0.6 is 0 Å². The standard InChI is InChI=1S/C18H20BFO2/c1-17(2)18(3,4)22-19(21-17)16-14(11-8-12-15(16)20)13-9-6-5-7-10-13/h5-12H,1-4H3. The van der Waals surface area contributed by atoms with Gasteiger partial charge < -0.3 is 9.31 Å². The summed E-state index contributed by atoms with van der Waals surface area (Å²) in [7, 11) is -0.707. The Bertz CT molecular complexity index is 667. The van der Waals surface area contributed by atoms with E-state index in [0.717, 1.165) is 11.1 Å². The Morgan fingerprint density at radius 3 is 2.00 bits per heavy atom. The highest BCUT2D eigenvalue weighted by Gasteiger charge is 2.53. The van der Waals surface area contributed by atoms with Gasteiger partial charge in [0, 0.05) is 5.46 Å². The van der Waals surface area contributed by atoms with Gasteiger partial charge in [0.2, 0.25) is 0 Å². The zero-order valence-corrected chi connectivity index (χ0v) is 13.4. The van der Waals surface area contributed by atoms with E-state index in [-0.39, 0.29) is 5.82 Å². The van der Waals surface area contributed by atoms with E-state index in [1.807, 2.05) is 64.1 Å². The molecule has 0 atom stereocenters. The minimum Gasteiger partial charge on any atom is -0.399 e. The summed E-state index contributed by atoms with van der Waals surface area (Å²) >= 11 is 0. The van der Waals surface area contributed by atoms with Crippen LogP contribution in [-0.2, 0) is 9.31 Å². The summed E-state index contributed by atoms with van der Waals surface area (Å²) in [5.41, 5.74) is 1.24. The van der Waals surface area contributed by atoms with Gasteiger partial charge in [0.15, 0.2) is 0 Å². The van der Waals surface area contributed by atoms with Crippen LogP contribution in [0.3, 0.4) is 0 Å². The lowest BCUT2D eigenvalue weighted by atomic mass is 9.74. The van der Waals surface area contributed by atoms with Crippen molar-refractivity contribution in [2.45, 2.75) is 38.9 Å². The number of rotatable bonds is 2. The fourth-order valence-corrected chi connectivity index (χ4v) is 2.61. The Morgan fingerprint density at radius 2 is 1.41 bits per heavy atom. The van der Waals surface area contributed by atoms with Crippen molar-refractivity contribution in [3.8, 4) is 11.1 Å². The molecule has 3 rings (SSSR count). The van der Waals surface area contributed by atoms with Crippen molar-refractivity contribution in [3.05, 3.63) is 54.3 Å². The van der Waals surface area contributed by atoms with Crippen LogP contribution in [0.2, 0.25) is 0 Å². The monoisotopic (exact) mass is 298 g/mol. The number of hydrogen-bond acceptors (Lipinski definition) is 2. The number of halogens is 1. The smallest absolute Gasteiger partial charge is 0.399 e. The van der Waals surface area contributed by atoms with Gasteiger partial charge in [-0.25, -0.2) is 4.39 Å². The van der Waals surface area contributed by atoms with Crippen LogP contribution in [0.15, 0.2) is 48.5 Å². The number of hydrogen-bond donors (Lipinski definition) is 0.